The number of carboxylic acid groups (broad SMARTS) is 1. The number of aliphatic carboxylic acids is 1. The van der Waals surface area contributed by atoms with E-state index in [4.69, 9.17) is 4.74 Å². The lowest BCUT2D eigenvalue weighted by atomic mass is 9.66. The lowest BCUT2D eigenvalue weighted by Crippen LogP contribution is -2.56. The third kappa shape index (κ3) is 3.48. The molecule has 112 valence electrons. The molecule has 0 bridgehead atoms. The molecular weight excluding hydrogens is 244 g/mol. The summed E-state index contributed by atoms with van der Waals surface area (Å²) >= 11 is 0. The zero-order valence-electron chi connectivity index (χ0n) is 12.7. The zero-order chi connectivity index (χ0) is 14.8. The number of carbonyl (C=O) groups is 1. The van der Waals surface area contributed by atoms with Crippen molar-refractivity contribution in [1.82, 2.24) is 0 Å². The molecule has 19 heavy (non-hydrogen) atoms. The number of ether oxygens (including phenoxy) is 1. The molecule has 0 saturated heterocycles. The minimum Gasteiger partial charge on any atom is -0.479 e. The summed E-state index contributed by atoms with van der Waals surface area (Å²) < 4.78 is 5.90. The molecule has 0 amide bonds. The number of hydrogen-bond donors (Lipinski definition) is 2. The number of rotatable bonds is 5. The molecule has 2 N–H and O–H groups in total. The van der Waals surface area contributed by atoms with Gasteiger partial charge < -0.3 is 14.9 Å². The fourth-order valence-electron chi connectivity index (χ4n) is 3.20. The molecule has 4 nitrogen and oxygen atoms in total. The highest BCUT2D eigenvalue weighted by Crippen LogP contribution is 2.44. The van der Waals surface area contributed by atoms with Gasteiger partial charge in [-0.3, -0.25) is 0 Å². The Labute approximate surface area is 116 Å². The standard InChI is InChI=1S/C15H28O4/c1-9(2)13-7-6-10(3)8-15(13,14(17)18)19-12(5)11(4)16/h9-13,16H,6-8H2,1-5H3,(H,17,18). The van der Waals surface area contributed by atoms with Crippen LogP contribution in [0.2, 0.25) is 0 Å². The molecule has 5 atom stereocenters. The van der Waals surface area contributed by atoms with Crippen LogP contribution < -0.4 is 0 Å². The average Bonchev–Trinajstić information content (AvgIpc) is 2.27. The van der Waals surface area contributed by atoms with E-state index in [0.717, 1.165) is 12.8 Å². The molecular formula is C15H28O4. The van der Waals surface area contributed by atoms with Crippen LogP contribution >= 0.6 is 0 Å². The third-order valence-corrected chi connectivity index (χ3v) is 4.46. The Kier molecular flexibility index (Phi) is 5.39. The van der Waals surface area contributed by atoms with E-state index in [1.165, 1.54) is 0 Å². The second-order valence-electron chi connectivity index (χ2n) is 6.50. The first-order valence-corrected chi connectivity index (χ1v) is 7.30. The average molecular weight is 272 g/mol. The van der Waals surface area contributed by atoms with Crippen LogP contribution in [0.15, 0.2) is 0 Å². The fourth-order valence-corrected chi connectivity index (χ4v) is 3.20. The molecule has 1 saturated carbocycles. The first-order valence-electron chi connectivity index (χ1n) is 7.30. The number of carboxylic acids is 1. The van der Waals surface area contributed by atoms with Crippen molar-refractivity contribution in [3.05, 3.63) is 0 Å². The number of hydrogen-bond acceptors (Lipinski definition) is 3. The van der Waals surface area contributed by atoms with Crippen molar-refractivity contribution >= 4 is 5.97 Å². The molecule has 0 spiro atoms. The van der Waals surface area contributed by atoms with Gasteiger partial charge in [-0.2, -0.15) is 0 Å². The highest BCUT2D eigenvalue weighted by Gasteiger charge is 2.52. The predicted molar refractivity (Wildman–Crippen MR) is 73.9 cm³/mol. The van der Waals surface area contributed by atoms with Crippen LogP contribution in [0, 0.1) is 17.8 Å². The second kappa shape index (κ2) is 6.23. The van der Waals surface area contributed by atoms with Gasteiger partial charge in [0.15, 0.2) is 5.60 Å². The van der Waals surface area contributed by atoms with Gasteiger partial charge in [0.05, 0.1) is 12.2 Å². The van der Waals surface area contributed by atoms with Gasteiger partial charge in [0.2, 0.25) is 0 Å². The largest absolute Gasteiger partial charge is 0.479 e. The molecule has 1 rings (SSSR count). The third-order valence-electron chi connectivity index (χ3n) is 4.46. The number of aliphatic hydroxyl groups excluding tert-OH is 1. The predicted octanol–water partition coefficient (Wildman–Crippen LogP) is 2.69. The van der Waals surface area contributed by atoms with Crippen molar-refractivity contribution in [2.45, 2.75) is 71.7 Å². The Bertz CT molecular complexity index is 313. The second-order valence-corrected chi connectivity index (χ2v) is 6.50. The summed E-state index contributed by atoms with van der Waals surface area (Å²) in [6.45, 7) is 9.55. The van der Waals surface area contributed by atoms with E-state index in [1.54, 1.807) is 13.8 Å². The van der Waals surface area contributed by atoms with E-state index in [9.17, 15) is 15.0 Å². The molecule has 0 radical (unpaired) electrons. The van der Waals surface area contributed by atoms with Crippen molar-refractivity contribution in [3.63, 3.8) is 0 Å². The molecule has 1 fully saturated rings. The molecule has 0 aromatic heterocycles. The van der Waals surface area contributed by atoms with Gasteiger partial charge in [0, 0.05) is 5.92 Å². The maximum absolute atomic E-state index is 11.9. The Morgan fingerprint density at radius 2 is 1.84 bits per heavy atom. The lowest BCUT2D eigenvalue weighted by molar-refractivity contribution is -0.207. The summed E-state index contributed by atoms with van der Waals surface area (Å²) in [5.74, 6) is -0.287. The van der Waals surface area contributed by atoms with Gasteiger partial charge >= 0.3 is 5.97 Å². The fraction of sp³-hybridized carbons (Fsp3) is 0.933. The Hall–Kier alpha value is -0.610. The topological polar surface area (TPSA) is 66.8 Å². The zero-order valence-corrected chi connectivity index (χ0v) is 12.7. The molecule has 1 aliphatic rings. The molecule has 5 unspecified atom stereocenters. The molecule has 0 aliphatic heterocycles. The van der Waals surface area contributed by atoms with Gasteiger partial charge in [0.25, 0.3) is 0 Å². The quantitative estimate of drug-likeness (QED) is 0.807. The van der Waals surface area contributed by atoms with Gasteiger partial charge in [-0.1, -0.05) is 27.2 Å². The Morgan fingerprint density at radius 1 is 1.26 bits per heavy atom. The molecule has 0 aromatic carbocycles. The summed E-state index contributed by atoms with van der Waals surface area (Å²) in [6.07, 6.45) is 1.31. The van der Waals surface area contributed by atoms with E-state index in [0.29, 0.717) is 12.3 Å². The summed E-state index contributed by atoms with van der Waals surface area (Å²) in [5, 5.41) is 19.4. The SMILES string of the molecule is CC1CCC(C(C)C)C(OC(C)C(C)O)(C(=O)O)C1. The van der Waals surface area contributed by atoms with Gasteiger partial charge in [0.1, 0.15) is 0 Å². The first kappa shape index (κ1) is 16.4. The minimum atomic E-state index is -1.15. The number of aliphatic hydroxyl groups is 1. The van der Waals surface area contributed by atoms with E-state index < -0.39 is 23.8 Å². The van der Waals surface area contributed by atoms with E-state index in [2.05, 4.69) is 20.8 Å². The lowest BCUT2D eigenvalue weighted by Gasteiger charge is -2.46. The highest BCUT2D eigenvalue weighted by molar-refractivity contribution is 5.78. The van der Waals surface area contributed by atoms with Crippen LogP contribution in [0.25, 0.3) is 0 Å². The summed E-state index contributed by atoms with van der Waals surface area (Å²) in [4.78, 5) is 11.9. The van der Waals surface area contributed by atoms with Crippen LogP contribution in [0.3, 0.4) is 0 Å². The van der Waals surface area contributed by atoms with Gasteiger partial charge in [-0.05, 0) is 38.5 Å². The highest BCUT2D eigenvalue weighted by atomic mass is 16.5. The normalized spacial score (nSPS) is 35.1. The van der Waals surface area contributed by atoms with E-state index in [1.807, 2.05) is 0 Å². The minimum absolute atomic E-state index is 0.00222. The maximum Gasteiger partial charge on any atom is 0.336 e. The summed E-state index contributed by atoms with van der Waals surface area (Å²) in [6, 6.07) is 0. The Morgan fingerprint density at radius 3 is 2.26 bits per heavy atom. The van der Waals surface area contributed by atoms with Crippen molar-refractivity contribution in [2.75, 3.05) is 0 Å². The van der Waals surface area contributed by atoms with Crippen LogP contribution in [0.1, 0.15) is 53.9 Å². The summed E-state index contributed by atoms with van der Waals surface area (Å²) in [5.41, 5.74) is -1.15. The van der Waals surface area contributed by atoms with E-state index >= 15 is 0 Å². The van der Waals surface area contributed by atoms with Crippen molar-refractivity contribution < 1.29 is 19.7 Å². The molecule has 1 aliphatic carbocycles. The Balaban J connectivity index is 3.07. The van der Waals surface area contributed by atoms with Crippen LogP contribution in [0.4, 0.5) is 0 Å². The maximum atomic E-state index is 11.9. The van der Waals surface area contributed by atoms with Gasteiger partial charge in [-0.15, -0.1) is 0 Å². The molecule has 0 aromatic rings. The summed E-state index contributed by atoms with van der Waals surface area (Å²) in [7, 11) is 0. The van der Waals surface area contributed by atoms with Gasteiger partial charge in [-0.25, -0.2) is 4.79 Å². The van der Waals surface area contributed by atoms with Crippen molar-refractivity contribution in [3.8, 4) is 0 Å². The smallest absolute Gasteiger partial charge is 0.336 e. The molecule has 0 heterocycles. The van der Waals surface area contributed by atoms with E-state index in [-0.39, 0.29) is 11.8 Å². The molecule has 4 heteroatoms. The van der Waals surface area contributed by atoms with Crippen molar-refractivity contribution in [1.29, 1.82) is 0 Å². The van der Waals surface area contributed by atoms with Crippen LogP contribution in [-0.2, 0) is 9.53 Å². The van der Waals surface area contributed by atoms with Crippen LogP contribution in [-0.4, -0.2) is 34.0 Å². The van der Waals surface area contributed by atoms with Crippen molar-refractivity contribution in [2.24, 2.45) is 17.8 Å². The van der Waals surface area contributed by atoms with Crippen LogP contribution in [0.5, 0.6) is 0 Å². The first-order chi connectivity index (χ1) is 8.70. The monoisotopic (exact) mass is 272 g/mol.